The van der Waals surface area contributed by atoms with Crippen LogP contribution < -0.4 is 0 Å². The Labute approximate surface area is 141 Å². The molecule has 0 radical (unpaired) electrons. The Morgan fingerprint density at radius 2 is 2.00 bits per heavy atom. The number of rotatable bonds is 4. The zero-order chi connectivity index (χ0) is 17.2. The van der Waals surface area contributed by atoms with Crippen molar-refractivity contribution in [3.8, 4) is 5.82 Å². The van der Waals surface area contributed by atoms with Crippen LogP contribution in [-0.4, -0.2) is 73.7 Å². The highest BCUT2D eigenvalue weighted by Gasteiger charge is 2.25. The monoisotopic (exact) mass is 329 g/mol. The lowest BCUT2D eigenvalue weighted by Crippen LogP contribution is -2.52. The van der Waals surface area contributed by atoms with E-state index >= 15 is 0 Å². The van der Waals surface area contributed by atoms with E-state index in [0.29, 0.717) is 31.0 Å². The van der Waals surface area contributed by atoms with Crippen LogP contribution in [0.5, 0.6) is 0 Å². The largest absolute Gasteiger partial charge is 0.389 e. The van der Waals surface area contributed by atoms with Gasteiger partial charge in [-0.3, -0.25) is 14.3 Å². The summed E-state index contributed by atoms with van der Waals surface area (Å²) in [6.07, 6.45) is 6.78. The molecule has 1 aliphatic rings. The fourth-order valence-electron chi connectivity index (χ4n) is 2.93. The van der Waals surface area contributed by atoms with Gasteiger partial charge >= 0.3 is 0 Å². The van der Waals surface area contributed by atoms with Crippen molar-refractivity contribution in [2.45, 2.75) is 19.4 Å². The van der Waals surface area contributed by atoms with Crippen molar-refractivity contribution in [2.75, 3.05) is 32.7 Å². The minimum atomic E-state index is -0.711. The fraction of sp³-hybridized carbons (Fsp3) is 0.471. The summed E-state index contributed by atoms with van der Waals surface area (Å²) >= 11 is 0. The van der Waals surface area contributed by atoms with Crippen LogP contribution in [0.1, 0.15) is 24.2 Å². The lowest BCUT2D eigenvalue weighted by Gasteiger charge is -2.37. The molecule has 0 saturated carbocycles. The maximum absolute atomic E-state index is 12.7. The summed E-state index contributed by atoms with van der Waals surface area (Å²) in [5.74, 6) is 0.695. The number of aromatic nitrogens is 3. The topological polar surface area (TPSA) is 74.5 Å². The second kappa shape index (κ2) is 6.70. The number of imidazole rings is 1. The van der Waals surface area contributed by atoms with Crippen LogP contribution in [0, 0.1) is 0 Å². The van der Waals surface area contributed by atoms with E-state index in [4.69, 9.17) is 0 Å². The highest BCUT2D eigenvalue weighted by molar-refractivity contribution is 5.94. The molecule has 2 aromatic heterocycles. The first-order chi connectivity index (χ1) is 11.4. The van der Waals surface area contributed by atoms with E-state index in [1.165, 1.54) is 0 Å². The van der Waals surface area contributed by atoms with Gasteiger partial charge in [-0.15, -0.1) is 0 Å². The molecular weight excluding hydrogens is 306 g/mol. The molecule has 1 aliphatic heterocycles. The first kappa shape index (κ1) is 16.6. The van der Waals surface area contributed by atoms with Gasteiger partial charge in [0.1, 0.15) is 12.1 Å². The summed E-state index contributed by atoms with van der Waals surface area (Å²) in [5, 5.41) is 9.91. The predicted octanol–water partition coefficient (Wildman–Crippen LogP) is 0.796. The normalized spacial score (nSPS) is 16.4. The van der Waals surface area contributed by atoms with Crippen molar-refractivity contribution < 1.29 is 9.90 Å². The summed E-state index contributed by atoms with van der Waals surface area (Å²) < 4.78 is 1.78. The molecule has 0 unspecified atom stereocenters. The maximum Gasteiger partial charge on any atom is 0.254 e. The molecule has 2 aromatic rings. The summed E-state index contributed by atoms with van der Waals surface area (Å²) in [4.78, 5) is 25.0. The quantitative estimate of drug-likeness (QED) is 0.898. The van der Waals surface area contributed by atoms with Gasteiger partial charge in [0, 0.05) is 56.9 Å². The zero-order valence-corrected chi connectivity index (χ0v) is 14.1. The molecule has 1 N–H and O–H groups in total. The Morgan fingerprint density at radius 3 is 2.62 bits per heavy atom. The standard InChI is InChI=1S/C17H23N5O2/c1-17(2,24)12-20-7-9-21(10-8-20)16(23)14-3-4-19-15(11-14)22-6-5-18-13-22/h3-6,11,13,24H,7-10,12H2,1-2H3. The molecule has 3 heterocycles. The van der Waals surface area contributed by atoms with Crippen molar-refractivity contribution in [1.82, 2.24) is 24.3 Å². The van der Waals surface area contributed by atoms with Gasteiger partial charge in [0.05, 0.1) is 5.60 Å². The highest BCUT2D eigenvalue weighted by Crippen LogP contribution is 2.13. The lowest BCUT2D eigenvalue weighted by molar-refractivity contribution is 0.0178. The maximum atomic E-state index is 12.7. The molecule has 24 heavy (non-hydrogen) atoms. The van der Waals surface area contributed by atoms with Crippen LogP contribution in [0.25, 0.3) is 5.82 Å². The van der Waals surface area contributed by atoms with E-state index in [1.54, 1.807) is 55.5 Å². The number of carbonyl (C=O) groups is 1. The van der Waals surface area contributed by atoms with Crippen LogP contribution in [0.15, 0.2) is 37.1 Å². The molecule has 3 rings (SSSR count). The Kier molecular flexibility index (Phi) is 4.64. The van der Waals surface area contributed by atoms with Gasteiger partial charge in [-0.25, -0.2) is 9.97 Å². The number of carbonyl (C=O) groups excluding carboxylic acids is 1. The zero-order valence-electron chi connectivity index (χ0n) is 14.1. The van der Waals surface area contributed by atoms with Crippen LogP contribution in [0.3, 0.4) is 0 Å². The Bertz CT molecular complexity index is 685. The molecule has 7 nitrogen and oxygen atoms in total. The lowest BCUT2D eigenvalue weighted by atomic mass is 10.1. The van der Waals surface area contributed by atoms with E-state index < -0.39 is 5.60 Å². The minimum Gasteiger partial charge on any atom is -0.389 e. The number of aliphatic hydroxyl groups is 1. The van der Waals surface area contributed by atoms with Gasteiger partial charge in [-0.1, -0.05) is 0 Å². The number of nitrogens with zero attached hydrogens (tertiary/aromatic N) is 5. The van der Waals surface area contributed by atoms with Crippen molar-refractivity contribution in [3.63, 3.8) is 0 Å². The van der Waals surface area contributed by atoms with Crippen LogP contribution >= 0.6 is 0 Å². The number of amides is 1. The molecule has 1 amide bonds. The number of pyridine rings is 1. The number of hydrogen-bond donors (Lipinski definition) is 1. The Morgan fingerprint density at radius 1 is 1.25 bits per heavy atom. The molecule has 0 spiro atoms. The van der Waals surface area contributed by atoms with Gasteiger partial charge < -0.3 is 10.0 Å². The highest BCUT2D eigenvalue weighted by atomic mass is 16.3. The molecule has 0 atom stereocenters. The van der Waals surface area contributed by atoms with Gasteiger partial charge in [-0.05, 0) is 26.0 Å². The molecule has 7 heteroatoms. The van der Waals surface area contributed by atoms with Gasteiger partial charge in [-0.2, -0.15) is 0 Å². The molecule has 0 aromatic carbocycles. The Balaban J connectivity index is 1.65. The van der Waals surface area contributed by atoms with Crippen molar-refractivity contribution in [2.24, 2.45) is 0 Å². The molecule has 0 bridgehead atoms. The average molecular weight is 329 g/mol. The minimum absolute atomic E-state index is 0.0154. The third-order valence-corrected chi connectivity index (χ3v) is 4.03. The number of hydrogen-bond acceptors (Lipinski definition) is 5. The van der Waals surface area contributed by atoms with E-state index in [9.17, 15) is 9.90 Å². The molecule has 0 aliphatic carbocycles. The summed E-state index contributed by atoms with van der Waals surface area (Å²) in [5.41, 5.74) is -0.0820. The molecule has 1 fully saturated rings. The molecule has 1 saturated heterocycles. The number of β-amino-alcohol motifs (C(OH)–C–C–N with tert-alkyl or cyclic N) is 1. The predicted molar refractivity (Wildman–Crippen MR) is 90.0 cm³/mol. The van der Waals surface area contributed by atoms with E-state index in [0.717, 1.165) is 13.1 Å². The molecule has 128 valence electrons. The van der Waals surface area contributed by atoms with Crippen molar-refractivity contribution in [1.29, 1.82) is 0 Å². The van der Waals surface area contributed by atoms with Crippen molar-refractivity contribution >= 4 is 5.91 Å². The van der Waals surface area contributed by atoms with E-state index in [1.807, 2.05) is 4.90 Å². The van der Waals surface area contributed by atoms with Crippen LogP contribution in [0.4, 0.5) is 0 Å². The third-order valence-electron chi connectivity index (χ3n) is 4.03. The van der Waals surface area contributed by atoms with Crippen LogP contribution in [-0.2, 0) is 0 Å². The molecular formula is C17H23N5O2. The first-order valence-corrected chi connectivity index (χ1v) is 8.11. The average Bonchev–Trinajstić information content (AvgIpc) is 3.08. The van der Waals surface area contributed by atoms with E-state index in [2.05, 4.69) is 14.9 Å². The van der Waals surface area contributed by atoms with Gasteiger partial charge in [0.2, 0.25) is 0 Å². The summed E-state index contributed by atoms with van der Waals surface area (Å²) in [7, 11) is 0. The summed E-state index contributed by atoms with van der Waals surface area (Å²) in [6, 6.07) is 3.53. The fourth-order valence-corrected chi connectivity index (χ4v) is 2.93. The SMILES string of the molecule is CC(C)(O)CN1CCN(C(=O)c2ccnc(-n3ccnc3)c2)CC1. The summed E-state index contributed by atoms with van der Waals surface area (Å²) in [6.45, 7) is 7.10. The first-order valence-electron chi connectivity index (χ1n) is 8.11. The number of piperazine rings is 1. The van der Waals surface area contributed by atoms with Gasteiger partial charge in [0.25, 0.3) is 5.91 Å². The van der Waals surface area contributed by atoms with Gasteiger partial charge in [0.15, 0.2) is 0 Å². The third kappa shape index (κ3) is 3.98. The second-order valence-electron chi connectivity index (χ2n) is 6.75. The smallest absolute Gasteiger partial charge is 0.254 e. The second-order valence-corrected chi connectivity index (χ2v) is 6.75. The van der Waals surface area contributed by atoms with E-state index in [-0.39, 0.29) is 5.91 Å². The Hall–Kier alpha value is -2.25. The van der Waals surface area contributed by atoms with Crippen LogP contribution in [0.2, 0.25) is 0 Å². The van der Waals surface area contributed by atoms with Crippen molar-refractivity contribution in [3.05, 3.63) is 42.6 Å².